The van der Waals surface area contributed by atoms with E-state index in [0.717, 1.165) is 13.0 Å². The van der Waals surface area contributed by atoms with Crippen molar-refractivity contribution in [2.75, 3.05) is 20.3 Å². The lowest BCUT2D eigenvalue weighted by Gasteiger charge is -2.21. The van der Waals surface area contributed by atoms with Gasteiger partial charge in [-0.3, -0.25) is 4.79 Å². The zero-order valence-electron chi connectivity index (χ0n) is 8.67. The van der Waals surface area contributed by atoms with Gasteiger partial charge in [-0.1, -0.05) is 13.8 Å². The first kappa shape index (κ1) is 12.4. The maximum atomic E-state index is 11.0. The van der Waals surface area contributed by atoms with Crippen molar-refractivity contribution >= 4 is 5.91 Å². The van der Waals surface area contributed by atoms with E-state index in [9.17, 15) is 4.79 Å². The summed E-state index contributed by atoms with van der Waals surface area (Å²) in [4.78, 5) is 11.0. The standard InChI is InChI=1S/C9H20N2O2/c1-4-5-11-8(9(10)12)7(2)6-13-3/h7-8,11H,4-6H2,1-3H3,(H2,10,12). The van der Waals surface area contributed by atoms with Gasteiger partial charge in [0, 0.05) is 13.0 Å². The third kappa shape index (κ3) is 4.85. The predicted molar refractivity (Wildman–Crippen MR) is 52.3 cm³/mol. The number of carbonyl (C=O) groups excluding carboxylic acids is 1. The molecule has 13 heavy (non-hydrogen) atoms. The quantitative estimate of drug-likeness (QED) is 0.596. The highest BCUT2D eigenvalue weighted by atomic mass is 16.5. The van der Waals surface area contributed by atoms with E-state index in [4.69, 9.17) is 10.5 Å². The second-order valence-electron chi connectivity index (χ2n) is 3.27. The number of ether oxygens (including phenoxy) is 1. The van der Waals surface area contributed by atoms with Gasteiger partial charge in [-0.05, 0) is 13.0 Å². The Bertz CT molecular complexity index is 151. The number of primary amides is 1. The second-order valence-corrected chi connectivity index (χ2v) is 3.27. The van der Waals surface area contributed by atoms with Crippen molar-refractivity contribution in [3.05, 3.63) is 0 Å². The van der Waals surface area contributed by atoms with Crippen molar-refractivity contribution in [3.63, 3.8) is 0 Å². The first-order chi connectivity index (χ1) is 6.13. The molecule has 4 nitrogen and oxygen atoms in total. The Morgan fingerprint density at radius 1 is 1.62 bits per heavy atom. The summed E-state index contributed by atoms with van der Waals surface area (Å²) in [5.41, 5.74) is 5.25. The molecule has 78 valence electrons. The molecule has 0 aromatic carbocycles. The molecule has 1 amide bonds. The molecule has 0 saturated carbocycles. The van der Waals surface area contributed by atoms with Gasteiger partial charge in [-0.2, -0.15) is 0 Å². The fourth-order valence-electron chi connectivity index (χ4n) is 1.24. The van der Waals surface area contributed by atoms with Crippen molar-refractivity contribution in [1.82, 2.24) is 5.32 Å². The highest BCUT2D eigenvalue weighted by Crippen LogP contribution is 2.02. The van der Waals surface area contributed by atoms with Gasteiger partial charge in [0.25, 0.3) is 0 Å². The van der Waals surface area contributed by atoms with Crippen LogP contribution in [-0.2, 0) is 9.53 Å². The SMILES string of the molecule is CCCNC(C(N)=O)C(C)COC. The Morgan fingerprint density at radius 3 is 2.62 bits per heavy atom. The number of amides is 1. The number of nitrogens with two attached hydrogens (primary N) is 1. The smallest absolute Gasteiger partial charge is 0.234 e. The van der Waals surface area contributed by atoms with Gasteiger partial charge in [0.05, 0.1) is 12.6 Å². The van der Waals surface area contributed by atoms with Crippen molar-refractivity contribution < 1.29 is 9.53 Å². The van der Waals surface area contributed by atoms with Crippen molar-refractivity contribution in [3.8, 4) is 0 Å². The highest BCUT2D eigenvalue weighted by Gasteiger charge is 2.21. The van der Waals surface area contributed by atoms with E-state index in [1.54, 1.807) is 7.11 Å². The Morgan fingerprint density at radius 2 is 2.23 bits per heavy atom. The van der Waals surface area contributed by atoms with Crippen LogP contribution in [0.3, 0.4) is 0 Å². The van der Waals surface area contributed by atoms with Gasteiger partial charge in [0.2, 0.25) is 5.91 Å². The van der Waals surface area contributed by atoms with E-state index < -0.39 is 0 Å². The normalized spacial score (nSPS) is 15.3. The number of rotatable bonds is 7. The van der Waals surface area contributed by atoms with Gasteiger partial charge in [0.1, 0.15) is 0 Å². The Hall–Kier alpha value is -0.610. The molecule has 0 aromatic rings. The number of nitrogens with one attached hydrogen (secondary N) is 1. The highest BCUT2D eigenvalue weighted by molar-refractivity contribution is 5.80. The zero-order valence-corrected chi connectivity index (χ0v) is 8.67. The minimum atomic E-state index is -0.307. The molecule has 0 bridgehead atoms. The largest absolute Gasteiger partial charge is 0.384 e. The number of carbonyl (C=O) groups is 1. The first-order valence-electron chi connectivity index (χ1n) is 4.65. The monoisotopic (exact) mass is 188 g/mol. The molecule has 0 saturated heterocycles. The summed E-state index contributed by atoms with van der Waals surface area (Å²) in [6, 6.07) is -0.278. The summed E-state index contributed by atoms with van der Waals surface area (Å²) in [6.45, 7) is 5.35. The van der Waals surface area contributed by atoms with Crippen molar-refractivity contribution in [1.29, 1.82) is 0 Å². The summed E-state index contributed by atoms with van der Waals surface area (Å²) in [5, 5.41) is 3.10. The summed E-state index contributed by atoms with van der Waals surface area (Å²) in [6.07, 6.45) is 0.990. The Labute approximate surface area is 79.8 Å². The van der Waals surface area contributed by atoms with Crippen molar-refractivity contribution in [2.45, 2.75) is 26.3 Å². The van der Waals surface area contributed by atoms with Crippen LogP contribution in [0.2, 0.25) is 0 Å². The average Bonchev–Trinajstić information content (AvgIpc) is 2.05. The maximum Gasteiger partial charge on any atom is 0.234 e. The molecule has 2 atom stereocenters. The molecule has 2 unspecified atom stereocenters. The molecule has 0 aliphatic heterocycles. The Balaban J connectivity index is 3.99. The van der Waals surface area contributed by atoms with Gasteiger partial charge >= 0.3 is 0 Å². The molecule has 0 aliphatic carbocycles. The van der Waals surface area contributed by atoms with E-state index in [1.165, 1.54) is 0 Å². The molecule has 0 heterocycles. The molecule has 0 radical (unpaired) electrons. The van der Waals surface area contributed by atoms with E-state index in [1.807, 2.05) is 13.8 Å². The van der Waals surface area contributed by atoms with Crippen LogP contribution >= 0.6 is 0 Å². The minimum absolute atomic E-state index is 0.119. The minimum Gasteiger partial charge on any atom is -0.384 e. The van der Waals surface area contributed by atoms with E-state index >= 15 is 0 Å². The van der Waals surface area contributed by atoms with Crippen LogP contribution < -0.4 is 11.1 Å². The second kappa shape index (κ2) is 6.86. The number of hydrogen-bond donors (Lipinski definition) is 2. The van der Waals surface area contributed by atoms with Crippen LogP contribution in [0.5, 0.6) is 0 Å². The maximum absolute atomic E-state index is 11.0. The predicted octanol–water partition coefficient (Wildman–Crippen LogP) is 0.122. The van der Waals surface area contributed by atoms with Crippen LogP contribution in [0.1, 0.15) is 20.3 Å². The first-order valence-corrected chi connectivity index (χ1v) is 4.65. The van der Waals surface area contributed by atoms with Crippen LogP contribution in [0.15, 0.2) is 0 Å². The van der Waals surface area contributed by atoms with Gasteiger partial charge in [0.15, 0.2) is 0 Å². The lowest BCUT2D eigenvalue weighted by molar-refractivity contribution is -0.121. The summed E-state index contributed by atoms with van der Waals surface area (Å²) < 4.78 is 4.97. The lowest BCUT2D eigenvalue weighted by Crippen LogP contribution is -2.47. The number of methoxy groups -OCH3 is 1. The van der Waals surface area contributed by atoms with Gasteiger partial charge in [-0.25, -0.2) is 0 Å². The van der Waals surface area contributed by atoms with E-state index in [2.05, 4.69) is 5.32 Å². The zero-order chi connectivity index (χ0) is 10.3. The van der Waals surface area contributed by atoms with E-state index in [-0.39, 0.29) is 17.9 Å². The molecule has 3 N–H and O–H groups in total. The lowest BCUT2D eigenvalue weighted by atomic mass is 10.0. The third-order valence-corrected chi connectivity index (χ3v) is 1.92. The molecular weight excluding hydrogens is 168 g/mol. The topological polar surface area (TPSA) is 64.3 Å². The summed E-state index contributed by atoms with van der Waals surface area (Å²) in [7, 11) is 1.62. The van der Waals surface area contributed by atoms with Crippen LogP contribution in [-0.4, -0.2) is 32.2 Å². The van der Waals surface area contributed by atoms with Crippen LogP contribution in [0, 0.1) is 5.92 Å². The number of hydrogen-bond acceptors (Lipinski definition) is 3. The van der Waals surface area contributed by atoms with Crippen LogP contribution in [0.4, 0.5) is 0 Å². The summed E-state index contributed by atoms with van der Waals surface area (Å²) in [5.74, 6) is -0.188. The van der Waals surface area contributed by atoms with E-state index in [0.29, 0.717) is 6.61 Å². The fraction of sp³-hybridized carbons (Fsp3) is 0.889. The van der Waals surface area contributed by atoms with Gasteiger partial charge < -0.3 is 15.8 Å². The molecule has 0 aliphatic rings. The molecule has 0 fully saturated rings. The summed E-state index contributed by atoms with van der Waals surface area (Å²) >= 11 is 0. The molecule has 0 rings (SSSR count). The fourth-order valence-corrected chi connectivity index (χ4v) is 1.24. The van der Waals surface area contributed by atoms with Crippen molar-refractivity contribution in [2.24, 2.45) is 11.7 Å². The molecular formula is C9H20N2O2. The Kier molecular flexibility index (Phi) is 6.54. The molecule has 0 aromatic heterocycles. The average molecular weight is 188 g/mol. The van der Waals surface area contributed by atoms with Crippen LogP contribution in [0.25, 0.3) is 0 Å². The third-order valence-electron chi connectivity index (χ3n) is 1.92. The molecule has 4 heteroatoms. The van der Waals surface area contributed by atoms with Gasteiger partial charge in [-0.15, -0.1) is 0 Å². The molecule has 0 spiro atoms.